The number of rotatable bonds is 5. The standard InChI is InChI=1S/C20H21N3O2/c24-19-12-21-20(25)23(19)13-14-5-4-8-17(9-14)22-18-10-16(11-18)15-6-2-1-3-7-15/h1-9,16,18,22H,10-13H2,(H,21,25). The molecule has 2 aliphatic rings. The number of amides is 3. The van der Waals surface area contributed by atoms with Gasteiger partial charge < -0.3 is 10.6 Å². The molecule has 128 valence electrons. The summed E-state index contributed by atoms with van der Waals surface area (Å²) in [6, 6.07) is 18.7. The summed E-state index contributed by atoms with van der Waals surface area (Å²) in [4.78, 5) is 24.6. The third-order valence-corrected chi connectivity index (χ3v) is 4.98. The van der Waals surface area contributed by atoms with E-state index in [-0.39, 0.29) is 18.5 Å². The van der Waals surface area contributed by atoms with Crippen molar-refractivity contribution in [3.8, 4) is 0 Å². The van der Waals surface area contributed by atoms with Crippen molar-refractivity contribution in [2.24, 2.45) is 0 Å². The van der Waals surface area contributed by atoms with E-state index in [4.69, 9.17) is 0 Å². The lowest BCUT2D eigenvalue weighted by molar-refractivity contribution is -0.125. The molecule has 0 aromatic heterocycles. The first-order valence-corrected chi connectivity index (χ1v) is 8.67. The molecular weight excluding hydrogens is 314 g/mol. The highest BCUT2D eigenvalue weighted by atomic mass is 16.2. The van der Waals surface area contributed by atoms with Crippen LogP contribution in [0.15, 0.2) is 54.6 Å². The number of hydrogen-bond donors (Lipinski definition) is 2. The van der Waals surface area contributed by atoms with Gasteiger partial charge in [0.1, 0.15) is 0 Å². The van der Waals surface area contributed by atoms with Gasteiger partial charge >= 0.3 is 6.03 Å². The molecule has 1 heterocycles. The Morgan fingerprint density at radius 3 is 2.56 bits per heavy atom. The molecule has 25 heavy (non-hydrogen) atoms. The molecule has 0 atom stereocenters. The van der Waals surface area contributed by atoms with Gasteiger partial charge in [-0.1, -0.05) is 42.5 Å². The second-order valence-electron chi connectivity index (χ2n) is 6.76. The van der Waals surface area contributed by atoms with Crippen LogP contribution in [0.1, 0.15) is 29.9 Å². The molecule has 0 unspecified atom stereocenters. The van der Waals surface area contributed by atoms with Crippen LogP contribution in [-0.4, -0.2) is 29.4 Å². The zero-order valence-electron chi connectivity index (χ0n) is 13.9. The van der Waals surface area contributed by atoms with Crippen molar-refractivity contribution < 1.29 is 9.59 Å². The summed E-state index contributed by atoms with van der Waals surface area (Å²) in [5, 5.41) is 6.11. The topological polar surface area (TPSA) is 61.4 Å². The largest absolute Gasteiger partial charge is 0.382 e. The fourth-order valence-corrected chi connectivity index (χ4v) is 3.53. The van der Waals surface area contributed by atoms with Gasteiger partial charge in [0, 0.05) is 11.7 Å². The molecule has 2 N–H and O–H groups in total. The number of urea groups is 1. The molecule has 1 saturated heterocycles. The fraction of sp³-hybridized carbons (Fsp3) is 0.300. The molecule has 4 rings (SSSR count). The van der Waals surface area contributed by atoms with E-state index < -0.39 is 0 Å². The smallest absolute Gasteiger partial charge is 0.324 e. The van der Waals surface area contributed by atoms with E-state index in [1.807, 2.05) is 24.3 Å². The molecule has 0 bridgehead atoms. The van der Waals surface area contributed by atoms with Crippen LogP contribution in [0.2, 0.25) is 0 Å². The average molecular weight is 335 g/mol. The Labute approximate surface area is 147 Å². The summed E-state index contributed by atoms with van der Waals surface area (Å²) in [6.07, 6.45) is 2.25. The summed E-state index contributed by atoms with van der Waals surface area (Å²) in [6.45, 7) is 0.414. The van der Waals surface area contributed by atoms with E-state index in [1.54, 1.807) is 0 Å². The first-order chi connectivity index (χ1) is 12.2. The molecule has 2 fully saturated rings. The lowest BCUT2D eigenvalue weighted by Crippen LogP contribution is -2.34. The number of nitrogens with one attached hydrogen (secondary N) is 2. The van der Waals surface area contributed by atoms with Gasteiger partial charge in [-0.3, -0.25) is 9.69 Å². The summed E-state index contributed by atoms with van der Waals surface area (Å²) < 4.78 is 0. The first kappa shape index (κ1) is 15.7. The Morgan fingerprint density at radius 1 is 1.04 bits per heavy atom. The fourth-order valence-electron chi connectivity index (χ4n) is 3.53. The molecule has 0 radical (unpaired) electrons. The van der Waals surface area contributed by atoms with Gasteiger partial charge in [-0.2, -0.15) is 0 Å². The highest BCUT2D eigenvalue weighted by molar-refractivity contribution is 6.01. The van der Waals surface area contributed by atoms with Gasteiger partial charge in [-0.15, -0.1) is 0 Å². The van der Waals surface area contributed by atoms with E-state index >= 15 is 0 Å². The van der Waals surface area contributed by atoms with E-state index in [9.17, 15) is 9.59 Å². The van der Waals surface area contributed by atoms with Crippen LogP contribution in [0.5, 0.6) is 0 Å². The molecule has 5 heteroatoms. The Kier molecular flexibility index (Phi) is 4.14. The van der Waals surface area contributed by atoms with E-state index in [1.165, 1.54) is 10.5 Å². The maximum Gasteiger partial charge on any atom is 0.324 e. The van der Waals surface area contributed by atoms with Crippen molar-refractivity contribution in [3.63, 3.8) is 0 Å². The van der Waals surface area contributed by atoms with Crippen molar-refractivity contribution in [3.05, 3.63) is 65.7 Å². The van der Waals surface area contributed by atoms with Crippen molar-refractivity contribution in [2.45, 2.75) is 31.3 Å². The number of carbonyl (C=O) groups excluding carboxylic acids is 2. The van der Waals surface area contributed by atoms with Crippen molar-refractivity contribution in [1.82, 2.24) is 10.2 Å². The maximum absolute atomic E-state index is 11.7. The predicted octanol–water partition coefficient (Wildman–Crippen LogP) is 3.10. The van der Waals surface area contributed by atoms with Crippen LogP contribution < -0.4 is 10.6 Å². The summed E-state index contributed by atoms with van der Waals surface area (Å²) in [5.74, 6) is 0.459. The third-order valence-electron chi connectivity index (χ3n) is 4.98. The van der Waals surface area contributed by atoms with Crippen LogP contribution in [0, 0.1) is 0 Å². The van der Waals surface area contributed by atoms with Crippen molar-refractivity contribution >= 4 is 17.6 Å². The zero-order valence-corrected chi connectivity index (χ0v) is 13.9. The number of carbonyl (C=O) groups is 2. The van der Waals surface area contributed by atoms with Crippen LogP contribution >= 0.6 is 0 Å². The van der Waals surface area contributed by atoms with Crippen LogP contribution in [0.4, 0.5) is 10.5 Å². The minimum absolute atomic E-state index is 0.0969. The molecule has 1 aliphatic carbocycles. The number of nitrogens with zero attached hydrogens (tertiary/aromatic N) is 1. The Balaban J connectivity index is 1.35. The second-order valence-corrected chi connectivity index (χ2v) is 6.76. The number of imide groups is 1. The monoisotopic (exact) mass is 335 g/mol. The van der Waals surface area contributed by atoms with Crippen LogP contribution in [-0.2, 0) is 11.3 Å². The van der Waals surface area contributed by atoms with Gasteiger partial charge in [-0.25, -0.2) is 4.79 Å². The summed E-state index contributed by atoms with van der Waals surface area (Å²) in [7, 11) is 0. The van der Waals surface area contributed by atoms with Gasteiger partial charge in [0.05, 0.1) is 13.1 Å². The molecule has 3 amide bonds. The van der Waals surface area contributed by atoms with Gasteiger partial charge in [0.2, 0.25) is 5.91 Å². The van der Waals surface area contributed by atoms with Gasteiger partial charge in [0.15, 0.2) is 0 Å². The maximum atomic E-state index is 11.7. The Bertz CT molecular complexity index is 769. The molecular formula is C20H21N3O2. The van der Waals surface area contributed by atoms with E-state index in [2.05, 4.69) is 41.0 Å². The number of hydrogen-bond acceptors (Lipinski definition) is 3. The molecule has 2 aromatic rings. The van der Waals surface area contributed by atoms with Gasteiger partial charge in [-0.05, 0) is 42.0 Å². The zero-order chi connectivity index (χ0) is 17.2. The SMILES string of the molecule is O=C1CNC(=O)N1Cc1cccc(NC2CC(c3ccccc3)C2)c1. The summed E-state index contributed by atoms with van der Waals surface area (Å²) in [5.41, 5.74) is 3.41. The van der Waals surface area contributed by atoms with Crippen molar-refractivity contribution in [1.29, 1.82) is 0 Å². The first-order valence-electron chi connectivity index (χ1n) is 8.67. The summed E-state index contributed by atoms with van der Waals surface area (Å²) >= 11 is 0. The minimum Gasteiger partial charge on any atom is -0.382 e. The highest BCUT2D eigenvalue weighted by Crippen LogP contribution is 2.38. The minimum atomic E-state index is -0.312. The number of anilines is 1. The van der Waals surface area contributed by atoms with Gasteiger partial charge in [0.25, 0.3) is 0 Å². The third kappa shape index (κ3) is 3.36. The second kappa shape index (κ2) is 6.59. The average Bonchev–Trinajstić information content (AvgIpc) is 2.91. The molecule has 0 spiro atoms. The van der Waals surface area contributed by atoms with Crippen molar-refractivity contribution in [2.75, 3.05) is 11.9 Å². The Hall–Kier alpha value is -2.82. The molecule has 2 aromatic carbocycles. The lowest BCUT2D eigenvalue weighted by atomic mass is 9.76. The van der Waals surface area contributed by atoms with Crippen LogP contribution in [0.3, 0.4) is 0 Å². The highest BCUT2D eigenvalue weighted by Gasteiger charge is 2.30. The Morgan fingerprint density at radius 2 is 1.84 bits per heavy atom. The quantitative estimate of drug-likeness (QED) is 0.826. The molecule has 1 aliphatic heterocycles. The normalized spacial score (nSPS) is 22.5. The van der Waals surface area contributed by atoms with E-state index in [0.717, 1.165) is 24.1 Å². The lowest BCUT2D eigenvalue weighted by Gasteiger charge is -2.37. The molecule has 5 nitrogen and oxygen atoms in total. The van der Waals surface area contributed by atoms with E-state index in [0.29, 0.717) is 18.5 Å². The molecule has 1 saturated carbocycles. The predicted molar refractivity (Wildman–Crippen MR) is 96.2 cm³/mol. The number of benzene rings is 2. The van der Waals surface area contributed by atoms with Crippen LogP contribution in [0.25, 0.3) is 0 Å².